The van der Waals surface area contributed by atoms with Gasteiger partial charge in [-0.3, -0.25) is 0 Å². The zero-order chi connectivity index (χ0) is 13.2. The fourth-order valence-corrected chi connectivity index (χ4v) is 1.81. The molecule has 0 unspecified atom stereocenters. The van der Waals surface area contributed by atoms with Gasteiger partial charge >= 0.3 is 0 Å². The second-order valence-electron chi connectivity index (χ2n) is 4.87. The number of nitrogens with zero attached hydrogens (tertiary/aromatic N) is 3. The smallest absolute Gasteiger partial charge is 0.243 e. The van der Waals surface area contributed by atoms with Gasteiger partial charge in [0.15, 0.2) is 5.65 Å². The van der Waals surface area contributed by atoms with Gasteiger partial charge in [-0.15, -0.1) is 5.10 Å². The predicted octanol–water partition coefficient (Wildman–Crippen LogP) is 1.97. The van der Waals surface area contributed by atoms with Crippen LogP contribution in [0.1, 0.15) is 32.3 Å². The van der Waals surface area contributed by atoms with Crippen molar-refractivity contribution >= 4 is 11.6 Å². The molecular formula is C13H21N5. The molecule has 2 aromatic heterocycles. The predicted molar refractivity (Wildman–Crippen MR) is 73.7 cm³/mol. The maximum Gasteiger partial charge on any atom is 0.243 e. The number of aryl methyl sites for hydroxylation is 1. The van der Waals surface area contributed by atoms with Gasteiger partial charge in [0.2, 0.25) is 5.95 Å². The van der Waals surface area contributed by atoms with Crippen LogP contribution in [0, 0.1) is 6.92 Å². The van der Waals surface area contributed by atoms with E-state index in [-0.39, 0.29) is 5.54 Å². The van der Waals surface area contributed by atoms with Crippen LogP contribution < -0.4 is 11.1 Å². The minimum absolute atomic E-state index is 0.187. The van der Waals surface area contributed by atoms with E-state index in [0.29, 0.717) is 12.5 Å². The summed E-state index contributed by atoms with van der Waals surface area (Å²) in [5.74, 6) is 0.636. The van der Waals surface area contributed by atoms with Gasteiger partial charge in [0.1, 0.15) is 0 Å². The number of hydrogen-bond donors (Lipinski definition) is 2. The molecule has 0 aliphatic heterocycles. The largest absolute Gasteiger partial charge is 0.351 e. The Kier molecular flexibility index (Phi) is 3.52. The van der Waals surface area contributed by atoms with E-state index in [1.807, 2.05) is 25.3 Å². The highest BCUT2D eigenvalue weighted by atomic mass is 15.3. The van der Waals surface area contributed by atoms with E-state index in [2.05, 4.69) is 29.2 Å². The first kappa shape index (κ1) is 12.8. The molecule has 3 N–H and O–H groups in total. The van der Waals surface area contributed by atoms with E-state index in [1.165, 1.54) is 5.56 Å². The molecule has 0 saturated heterocycles. The molecule has 0 aliphatic rings. The Morgan fingerprint density at radius 2 is 2.11 bits per heavy atom. The summed E-state index contributed by atoms with van der Waals surface area (Å²) < 4.78 is 1.77. The summed E-state index contributed by atoms with van der Waals surface area (Å²) in [7, 11) is 0. The molecule has 2 rings (SSSR count). The van der Waals surface area contributed by atoms with E-state index in [9.17, 15) is 0 Å². The lowest BCUT2D eigenvalue weighted by Crippen LogP contribution is -2.45. The summed E-state index contributed by atoms with van der Waals surface area (Å²) in [5, 5.41) is 7.59. The van der Waals surface area contributed by atoms with Crippen LogP contribution in [0.25, 0.3) is 5.65 Å². The molecule has 0 saturated carbocycles. The average Bonchev–Trinajstić information content (AvgIpc) is 2.78. The normalized spacial score (nSPS) is 12.0. The Bertz CT molecular complexity index is 527. The Balaban J connectivity index is 2.13. The van der Waals surface area contributed by atoms with Crippen molar-refractivity contribution in [1.82, 2.24) is 14.6 Å². The van der Waals surface area contributed by atoms with Crippen molar-refractivity contribution < 1.29 is 0 Å². The summed E-state index contributed by atoms with van der Waals surface area (Å²) in [6.07, 6.45) is 3.78. The van der Waals surface area contributed by atoms with Gasteiger partial charge in [-0.25, -0.2) is 4.52 Å². The van der Waals surface area contributed by atoms with Gasteiger partial charge < -0.3 is 11.1 Å². The van der Waals surface area contributed by atoms with Crippen LogP contribution in [0.15, 0.2) is 18.3 Å². The van der Waals surface area contributed by atoms with Crippen LogP contribution >= 0.6 is 0 Å². The number of anilines is 1. The molecule has 0 amide bonds. The number of fused-ring (bicyclic) bond motifs is 1. The van der Waals surface area contributed by atoms with Crippen molar-refractivity contribution in [3.8, 4) is 0 Å². The molecule has 18 heavy (non-hydrogen) atoms. The lowest BCUT2D eigenvalue weighted by molar-refractivity contribution is 0.417. The van der Waals surface area contributed by atoms with Crippen LogP contribution in [-0.2, 0) is 0 Å². The van der Waals surface area contributed by atoms with Gasteiger partial charge in [0, 0.05) is 18.3 Å². The zero-order valence-electron chi connectivity index (χ0n) is 11.3. The minimum Gasteiger partial charge on any atom is -0.351 e. The van der Waals surface area contributed by atoms with Gasteiger partial charge in [-0.2, -0.15) is 4.98 Å². The first-order chi connectivity index (χ1) is 8.56. The van der Waals surface area contributed by atoms with E-state index in [4.69, 9.17) is 5.73 Å². The molecule has 5 nitrogen and oxygen atoms in total. The third kappa shape index (κ3) is 2.61. The lowest BCUT2D eigenvalue weighted by atomic mass is 9.94. The van der Waals surface area contributed by atoms with Crippen LogP contribution in [0.5, 0.6) is 0 Å². The summed E-state index contributed by atoms with van der Waals surface area (Å²) in [4.78, 5) is 4.43. The van der Waals surface area contributed by atoms with E-state index >= 15 is 0 Å². The van der Waals surface area contributed by atoms with Crippen LogP contribution in [0.3, 0.4) is 0 Å². The summed E-state index contributed by atoms with van der Waals surface area (Å²) in [6, 6.07) is 4.02. The second-order valence-corrected chi connectivity index (χ2v) is 4.87. The summed E-state index contributed by atoms with van der Waals surface area (Å²) >= 11 is 0. The van der Waals surface area contributed by atoms with Gasteiger partial charge in [-0.1, -0.05) is 13.8 Å². The van der Waals surface area contributed by atoms with Crippen molar-refractivity contribution in [2.24, 2.45) is 5.73 Å². The van der Waals surface area contributed by atoms with Crippen molar-refractivity contribution in [2.45, 2.75) is 39.2 Å². The van der Waals surface area contributed by atoms with Crippen molar-refractivity contribution in [2.75, 3.05) is 11.9 Å². The van der Waals surface area contributed by atoms with Gasteiger partial charge in [-0.05, 0) is 37.5 Å². The first-order valence-electron chi connectivity index (χ1n) is 6.42. The molecule has 2 heterocycles. The molecule has 5 heteroatoms. The molecule has 2 aromatic rings. The highest BCUT2D eigenvalue weighted by Crippen LogP contribution is 2.13. The number of nitrogens with two attached hydrogens (primary N) is 1. The highest BCUT2D eigenvalue weighted by molar-refractivity contribution is 5.45. The van der Waals surface area contributed by atoms with Crippen LogP contribution in [0.4, 0.5) is 5.95 Å². The molecule has 0 radical (unpaired) electrons. The molecule has 0 aromatic carbocycles. The Morgan fingerprint density at radius 3 is 2.78 bits per heavy atom. The number of pyridine rings is 1. The third-order valence-electron chi connectivity index (χ3n) is 3.50. The van der Waals surface area contributed by atoms with E-state index in [1.54, 1.807) is 4.52 Å². The zero-order valence-corrected chi connectivity index (χ0v) is 11.3. The fraction of sp³-hybridized carbons (Fsp3) is 0.538. The summed E-state index contributed by atoms with van der Waals surface area (Å²) in [5.41, 5.74) is 8.08. The standard InChI is InChI=1S/C13H21N5/c1-4-13(14,5-2)9-15-12-16-11-8-10(3)6-7-18(11)17-12/h6-8H,4-5,9,14H2,1-3H3,(H,15,17). The topological polar surface area (TPSA) is 68.2 Å². The molecule has 0 spiro atoms. The molecule has 0 atom stereocenters. The van der Waals surface area contributed by atoms with E-state index < -0.39 is 0 Å². The summed E-state index contributed by atoms with van der Waals surface area (Å²) in [6.45, 7) is 6.94. The maximum atomic E-state index is 6.24. The van der Waals surface area contributed by atoms with Crippen molar-refractivity contribution in [3.63, 3.8) is 0 Å². The van der Waals surface area contributed by atoms with Gasteiger partial charge in [0.05, 0.1) is 0 Å². The number of aromatic nitrogens is 3. The Labute approximate surface area is 107 Å². The van der Waals surface area contributed by atoms with E-state index in [0.717, 1.165) is 18.5 Å². The lowest BCUT2D eigenvalue weighted by Gasteiger charge is -2.26. The van der Waals surface area contributed by atoms with Crippen LogP contribution in [-0.4, -0.2) is 26.7 Å². The van der Waals surface area contributed by atoms with Crippen LogP contribution in [0.2, 0.25) is 0 Å². The number of nitrogens with one attached hydrogen (secondary N) is 1. The molecule has 0 bridgehead atoms. The average molecular weight is 247 g/mol. The molecule has 98 valence electrons. The second kappa shape index (κ2) is 4.94. The maximum absolute atomic E-state index is 6.24. The molecular weight excluding hydrogens is 226 g/mol. The first-order valence-corrected chi connectivity index (χ1v) is 6.42. The Hall–Kier alpha value is -1.62. The number of rotatable bonds is 5. The highest BCUT2D eigenvalue weighted by Gasteiger charge is 2.20. The Morgan fingerprint density at radius 1 is 1.39 bits per heavy atom. The SMILES string of the molecule is CCC(N)(CC)CNc1nc2cc(C)ccn2n1. The van der Waals surface area contributed by atoms with Gasteiger partial charge in [0.25, 0.3) is 0 Å². The number of hydrogen-bond acceptors (Lipinski definition) is 4. The molecule has 0 fully saturated rings. The third-order valence-corrected chi connectivity index (χ3v) is 3.50. The quantitative estimate of drug-likeness (QED) is 0.847. The monoisotopic (exact) mass is 247 g/mol. The van der Waals surface area contributed by atoms with Crippen molar-refractivity contribution in [3.05, 3.63) is 23.9 Å². The minimum atomic E-state index is -0.187. The van der Waals surface area contributed by atoms with Crippen molar-refractivity contribution in [1.29, 1.82) is 0 Å². The molecule has 0 aliphatic carbocycles. The fourth-order valence-electron chi connectivity index (χ4n) is 1.81.